The Morgan fingerprint density at radius 1 is 0.828 bits per heavy atom. The van der Waals surface area contributed by atoms with E-state index in [0.29, 0.717) is 16.8 Å². The molecule has 8 heteroatoms. The zero-order valence-corrected chi connectivity index (χ0v) is 14.8. The van der Waals surface area contributed by atoms with Gasteiger partial charge in [-0.3, -0.25) is 14.7 Å². The van der Waals surface area contributed by atoms with Gasteiger partial charge in [0, 0.05) is 18.0 Å². The Kier molecular flexibility index (Phi) is 3.77. The van der Waals surface area contributed by atoms with Crippen LogP contribution in [0.25, 0.3) is 22.4 Å². The molecule has 2 amide bonds. The molecular weight excluding hydrogens is 373 g/mol. The highest BCUT2D eigenvalue weighted by molar-refractivity contribution is 6.34. The second-order valence-electron chi connectivity index (χ2n) is 6.47. The third kappa shape index (κ3) is 2.78. The number of aromatic amines is 1. The largest absolute Gasteiger partial charge is 0.268 e. The van der Waals surface area contributed by atoms with E-state index in [1.807, 2.05) is 0 Å². The van der Waals surface area contributed by atoms with E-state index in [9.17, 15) is 14.0 Å². The van der Waals surface area contributed by atoms with Crippen LogP contribution in [0.1, 0.15) is 20.7 Å². The Hall–Kier alpha value is -4.20. The highest BCUT2D eigenvalue weighted by Crippen LogP contribution is 2.32. The van der Waals surface area contributed by atoms with Crippen molar-refractivity contribution in [3.05, 3.63) is 83.9 Å². The van der Waals surface area contributed by atoms with Crippen molar-refractivity contribution in [2.45, 2.75) is 0 Å². The van der Waals surface area contributed by atoms with E-state index in [-0.39, 0.29) is 17.2 Å². The van der Waals surface area contributed by atoms with Gasteiger partial charge in [0.05, 0.1) is 11.1 Å². The molecule has 0 atom stereocenters. The number of imide groups is 1. The number of anilines is 1. The molecule has 0 saturated heterocycles. The van der Waals surface area contributed by atoms with Crippen LogP contribution >= 0.6 is 0 Å². The van der Waals surface area contributed by atoms with Crippen LogP contribution in [0.3, 0.4) is 0 Å². The predicted molar refractivity (Wildman–Crippen MR) is 103 cm³/mol. The number of carbonyl (C=O) groups is 2. The Morgan fingerprint density at radius 3 is 2.34 bits per heavy atom. The second kappa shape index (κ2) is 6.45. The molecule has 4 aromatic rings. The van der Waals surface area contributed by atoms with Gasteiger partial charge in [0.15, 0.2) is 0 Å². The van der Waals surface area contributed by atoms with Crippen molar-refractivity contribution >= 4 is 17.6 Å². The van der Waals surface area contributed by atoms with Crippen LogP contribution in [-0.4, -0.2) is 32.2 Å². The van der Waals surface area contributed by atoms with Gasteiger partial charge in [-0.1, -0.05) is 23.4 Å². The first-order valence-electron chi connectivity index (χ1n) is 8.73. The molecule has 0 radical (unpaired) electrons. The van der Waals surface area contributed by atoms with Crippen molar-refractivity contribution in [1.29, 1.82) is 0 Å². The number of carbonyl (C=O) groups excluding carboxylic acids is 2. The summed E-state index contributed by atoms with van der Waals surface area (Å²) in [6.45, 7) is 0. The molecule has 0 aliphatic carbocycles. The second-order valence-corrected chi connectivity index (χ2v) is 6.47. The van der Waals surface area contributed by atoms with E-state index < -0.39 is 11.8 Å². The van der Waals surface area contributed by atoms with Gasteiger partial charge in [-0.05, 0) is 47.5 Å². The monoisotopic (exact) mass is 385 g/mol. The summed E-state index contributed by atoms with van der Waals surface area (Å²) in [7, 11) is 0. The third-order valence-corrected chi connectivity index (χ3v) is 4.75. The zero-order chi connectivity index (χ0) is 20.0. The standard InChI is InChI=1S/C21H12FN5O2/c22-15-4-1-12(2-5-15)13-7-8-23-19(10-13)27-20(28)16-6-3-14(9-17(16)21(27)29)18-11-24-26-25-18/h1-11H,(H,24,25,26). The third-order valence-electron chi connectivity index (χ3n) is 4.75. The fourth-order valence-electron chi connectivity index (χ4n) is 3.31. The average molecular weight is 385 g/mol. The minimum atomic E-state index is -0.459. The summed E-state index contributed by atoms with van der Waals surface area (Å²) in [5.74, 6) is -1.04. The highest BCUT2D eigenvalue weighted by Gasteiger charge is 2.37. The normalized spacial score (nSPS) is 13.1. The van der Waals surface area contributed by atoms with E-state index in [0.717, 1.165) is 16.0 Å². The fourth-order valence-corrected chi connectivity index (χ4v) is 3.31. The lowest BCUT2D eigenvalue weighted by atomic mass is 10.0. The van der Waals surface area contributed by atoms with Crippen molar-refractivity contribution in [3.63, 3.8) is 0 Å². The number of rotatable bonds is 3. The predicted octanol–water partition coefficient (Wildman–Crippen LogP) is 3.47. The van der Waals surface area contributed by atoms with Crippen LogP contribution in [0.2, 0.25) is 0 Å². The van der Waals surface area contributed by atoms with Gasteiger partial charge in [-0.2, -0.15) is 0 Å². The van der Waals surface area contributed by atoms with Crippen LogP contribution in [-0.2, 0) is 0 Å². The van der Waals surface area contributed by atoms with Crippen LogP contribution in [0.4, 0.5) is 10.2 Å². The average Bonchev–Trinajstić information content (AvgIpc) is 3.36. The number of fused-ring (bicyclic) bond motifs is 1. The summed E-state index contributed by atoms with van der Waals surface area (Å²) < 4.78 is 13.2. The molecule has 0 saturated carbocycles. The van der Waals surface area contributed by atoms with Crippen molar-refractivity contribution < 1.29 is 14.0 Å². The van der Waals surface area contributed by atoms with Crippen molar-refractivity contribution in [3.8, 4) is 22.4 Å². The molecule has 5 rings (SSSR count). The number of H-pyrrole nitrogens is 1. The maximum absolute atomic E-state index is 13.2. The maximum Gasteiger partial charge on any atom is 0.267 e. The Balaban J connectivity index is 1.53. The summed E-state index contributed by atoms with van der Waals surface area (Å²) in [6.07, 6.45) is 3.12. The topological polar surface area (TPSA) is 91.8 Å². The maximum atomic E-state index is 13.2. The smallest absolute Gasteiger partial charge is 0.267 e. The minimum absolute atomic E-state index is 0.209. The molecule has 0 fully saturated rings. The van der Waals surface area contributed by atoms with Crippen LogP contribution in [0.5, 0.6) is 0 Å². The summed E-state index contributed by atoms with van der Waals surface area (Å²) in [6, 6.07) is 14.3. The quantitative estimate of drug-likeness (QED) is 0.545. The zero-order valence-electron chi connectivity index (χ0n) is 14.8. The van der Waals surface area contributed by atoms with Crippen LogP contribution < -0.4 is 4.90 Å². The molecule has 29 heavy (non-hydrogen) atoms. The highest BCUT2D eigenvalue weighted by atomic mass is 19.1. The van der Waals surface area contributed by atoms with Crippen molar-refractivity contribution in [2.24, 2.45) is 0 Å². The number of benzene rings is 2. The van der Waals surface area contributed by atoms with Gasteiger partial charge in [-0.25, -0.2) is 14.3 Å². The van der Waals surface area contributed by atoms with Crippen molar-refractivity contribution in [1.82, 2.24) is 20.4 Å². The van der Waals surface area contributed by atoms with E-state index in [2.05, 4.69) is 20.4 Å². The van der Waals surface area contributed by atoms with Crippen molar-refractivity contribution in [2.75, 3.05) is 4.90 Å². The summed E-state index contributed by atoms with van der Waals surface area (Å²) >= 11 is 0. The lowest BCUT2D eigenvalue weighted by molar-refractivity contribution is 0.0925. The molecule has 1 N–H and O–H groups in total. The van der Waals surface area contributed by atoms with E-state index in [1.54, 1.807) is 48.7 Å². The molecule has 1 aliphatic heterocycles. The summed E-state index contributed by atoms with van der Waals surface area (Å²) in [5, 5.41) is 10.2. The van der Waals surface area contributed by atoms with E-state index in [1.165, 1.54) is 18.3 Å². The number of nitrogens with one attached hydrogen (secondary N) is 1. The molecule has 0 bridgehead atoms. The Morgan fingerprint density at radius 2 is 1.59 bits per heavy atom. The first-order chi connectivity index (χ1) is 14.1. The first-order valence-corrected chi connectivity index (χ1v) is 8.73. The first kappa shape index (κ1) is 16.9. The molecule has 7 nitrogen and oxygen atoms in total. The lowest BCUT2D eigenvalue weighted by Gasteiger charge is -2.13. The van der Waals surface area contributed by atoms with Gasteiger partial charge in [0.1, 0.15) is 17.3 Å². The molecular formula is C21H12FN5O2. The molecule has 3 heterocycles. The molecule has 0 unspecified atom stereocenters. The Bertz CT molecular complexity index is 1250. The minimum Gasteiger partial charge on any atom is -0.268 e. The molecule has 0 spiro atoms. The molecule has 2 aromatic carbocycles. The van der Waals surface area contributed by atoms with Gasteiger partial charge in [0.25, 0.3) is 11.8 Å². The SMILES string of the molecule is O=C1c2ccc(-c3c[nH]nn3)cc2C(=O)N1c1cc(-c2ccc(F)cc2)ccn1. The van der Waals surface area contributed by atoms with Crippen LogP contribution in [0, 0.1) is 5.82 Å². The van der Waals surface area contributed by atoms with Gasteiger partial charge >= 0.3 is 0 Å². The number of nitrogens with zero attached hydrogens (tertiary/aromatic N) is 4. The van der Waals surface area contributed by atoms with Crippen LogP contribution in [0.15, 0.2) is 67.0 Å². The summed E-state index contributed by atoms with van der Waals surface area (Å²) in [5.41, 5.74) is 3.30. The van der Waals surface area contributed by atoms with Gasteiger partial charge in [-0.15, -0.1) is 5.10 Å². The molecule has 2 aromatic heterocycles. The number of aromatic nitrogens is 4. The van der Waals surface area contributed by atoms with Gasteiger partial charge < -0.3 is 0 Å². The molecule has 140 valence electrons. The number of amides is 2. The number of pyridine rings is 1. The lowest BCUT2D eigenvalue weighted by Crippen LogP contribution is -2.30. The van der Waals surface area contributed by atoms with Gasteiger partial charge in [0.2, 0.25) is 0 Å². The number of hydrogen-bond acceptors (Lipinski definition) is 5. The number of halogens is 1. The Labute approximate surface area is 163 Å². The summed E-state index contributed by atoms with van der Waals surface area (Å²) in [4.78, 5) is 31.1. The number of hydrogen-bond donors (Lipinski definition) is 1. The van der Waals surface area contributed by atoms with E-state index in [4.69, 9.17) is 0 Å². The van der Waals surface area contributed by atoms with E-state index >= 15 is 0 Å². The fraction of sp³-hybridized carbons (Fsp3) is 0. The molecule has 1 aliphatic rings.